The summed E-state index contributed by atoms with van der Waals surface area (Å²) in [6.07, 6.45) is -1.76. The highest BCUT2D eigenvalue weighted by Crippen LogP contribution is 2.36. The summed E-state index contributed by atoms with van der Waals surface area (Å²) in [4.78, 5) is 15.8. The van der Waals surface area contributed by atoms with E-state index in [4.69, 9.17) is 16.3 Å². The minimum Gasteiger partial charge on any atom is -0.490 e. The highest BCUT2D eigenvalue weighted by atomic mass is 35.5. The number of ether oxygens (including phenoxy) is 1. The van der Waals surface area contributed by atoms with Crippen molar-refractivity contribution >= 4 is 22.5 Å². The third-order valence-corrected chi connectivity index (χ3v) is 6.09. The normalized spacial score (nSPS) is 14.6. The summed E-state index contributed by atoms with van der Waals surface area (Å²) >= 11 is 6.52. The first-order chi connectivity index (χ1) is 16.2. The van der Waals surface area contributed by atoms with Gasteiger partial charge in [-0.1, -0.05) is 11.6 Å². The molecule has 0 atom stereocenters. The number of H-pyrrole nitrogens is 1. The molecule has 10 heteroatoms. The van der Waals surface area contributed by atoms with Crippen LogP contribution in [0.1, 0.15) is 16.7 Å². The molecule has 1 aliphatic heterocycles. The number of fused-ring (bicyclic) bond motifs is 2. The molecule has 0 radical (unpaired) electrons. The van der Waals surface area contributed by atoms with Gasteiger partial charge in [0.25, 0.3) is 5.56 Å². The van der Waals surface area contributed by atoms with Gasteiger partial charge in [0.05, 0.1) is 10.5 Å². The molecule has 0 aliphatic carbocycles. The number of rotatable bonds is 3. The van der Waals surface area contributed by atoms with Gasteiger partial charge in [0.2, 0.25) is 0 Å². The number of nitrogens with one attached hydrogen (secondary N) is 1. The van der Waals surface area contributed by atoms with Gasteiger partial charge in [-0.05, 0) is 48.0 Å². The number of hydrogen-bond donors (Lipinski definition) is 1. The van der Waals surface area contributed by atoms with Crippen LogP contribution >= 0.6 is 11.6 Å². The zero-order chi connectivity index (χ0) is 24.0. The van der Waals surface area contributed by atoms with Gasteiger partial charge >= 0.3 is 6.18 Å². The monoisotopic (exact) mass is 491 g/mol. The van der Waals surface area contributed by atoms with Gasteiger partial charge in [-0.25, -0.2) is 4.39 Å². The van der Waals surface area contributed by atoms with Crippen molar-refractivity contribution in [3.63, 3.8) is 0 Å². The maximum Gasteiger partial charge on any atom is 0.422 e. The second-order valence-electron chi connectivity index (χ2n) is 8.07. The van der Waals surface area contributed by atoms with Crippen LogP contribution < -0.4 is 10.3 Å². The molecule has 5 nitrogen and oxygen atoms in total. The number of benzene rings is 2. The lowest BCUT2D eigenvalue weighted by molar-refractivity contribution is -0.139. The van der Waals surface area contributed by atoms with Crippen LogP contribution in [0.15, 0.2) is 59.7 Å². The Morgan fingerprint density at radius 3 is 2.74 bits per heavy atom. The molecule has 4 aromatic rings. The molecular weight excluding hydrogens is 474 g/mol. The molecule has 0 unspecified atom stereocenters. The Labute approximate surface area is 196 Å². The Morgan fingerprint density at radius 2 is 1.94 bits per heavy atom. The highest BCUT2D eigenvalue weighted by Gasteiger charge is 2.37. The van der Waals surface area contributed by atoms with E-state index in [2.05, 4.69) is 4.98 Å². The Morgan fingerprint density at radius 1 is 1.12 bits per heavy atom. The third kappa shape index (κ3) is 4.17. The molecule has 3 heterocycles. The summed E-state index contributed by atoms with van der Waals surface area (Å²) in [6.45, 7) is 0.745. The smallest absolute Gasteiger partial charge is 0.422 e. The summed E-state index contributed by atoms with van der Waals surface area (Å²) in [5, 5.41) is 1.09. The Kier molecular flexibility index (Phi) is 5.61. The molecule has 176 valence electrons. The number of pyridine rings is 1. The minimum atomic E-state index is -4.77. The van der Waals surface area contributed by atoms with Crippen molar-refractivity contribution in [3.8, 4) is 11.4 Å². The number of halogens is 5. The number of nitrogens with zero attached hydrogens (tertiary/aromatic N) is 2. The number of aromatic amines is 1. The highest BCUT2D eigenvalue weighted by molar-refractivity contribution is 6.32. The van der Waals surface area contributed by atoms with Gasteiger partial charge in [-0.15, -0.1) is 0 Å². The van der Waals surface area contributed by atoms with Gasteiger partial charge in [0, 0.05) is 48.7 Å². The van der Waals surface area contributed by atoms with Gasteiger partial charge in [-0.3, -0.25) is 9.69 Å². The van der Waals surface area contributed by atoms with Crippen molar-refractivity contribution in [2.45, 2.75) is 19.3 Å². The van der Waals surface area contributed by atoms with Gasteiger partial charge in [-0.2, -0.15) is 13.2 Å². The van der Waals surface area contributed by atoms with Crippen LogP contribution in [0.2, 0.25) is 5.02 Å². The van der Waals surface area contributed by atoms with Crippen molar-refractivity contribution in [1.29, 1.82) is 0 Å². The van der Waals surface area contributed by atoms with Crippen molar-refractivity contribution in [2.24, 2.45) is 0 Å². The molecule has 0 amide bonds. The fraction of sp³-hybridized carbons (Fsp3) is 0.208. The molecule has 2 aromatic heterocycles. The van der Waals surface area contributed by atoms with Gasteiger partial charge in [0.15, 0.2) is 0 Å². The molecule has 1 aliphatic rings. The fourth-order valence-corrected chi connectivity index (χ4v) is 4.61. The van der Waals surface area contributed by atoms with E-state index in [0.717, 1.165) is 10.9 Å². The number of hydrogen-bond acceptors (Lipinski definition) is 3. The Bertz CT molecular complexity index is 1440. The van der Waals surface area contributed by atoms with Crippen molar-refractivity contribution in [2.75, 3.05) is 13.2 Å². The molecule has 5 rings (SSSR count). The fourth-order valence-electron chi connectivity index (χ4n) is 4.33. The SMILES string of the molecule is O=c1[nH]ccc(CN2CCOc3c(Cl)cc(-n4ccc5cc(F)ccc54)cc3C2)c1C(F)(F)F. The molecule has 1 N–H and O–H groups in total. The summed E-state index contributed by atoms with van der Waals surface area (Å²) in [6, 6.07) is 11.1. The molecule has 0 bridgehead atoms. The van der Waals surface area contributed by atoms with E-state index < -0.39 is 17.3 Å². The van der Waals surface area contributed by atoms with Gasteiger partial charge < -0.3 is 14.3 Å². The maximum absolute atomic E-state index is 13.6. The first kappa shape index (κ1) is 22.5. The second kappa shape index (κ2) is 8.48. The summed E-state index contributed by atoms with van der Waals surface area (Å²) in [5.74, 6) is 0.129. The van der Waals surface area contributed by atoms with Crippen LogP contribution in [0.25, 0.3) is 16.6 Å². The average Bonchev–Trinajstić information content (AvgIpc) is 3.06. The number of aromatic nitrogens is 2. The topological polar surface area (TPSA) is 50.3 Å². The van der Waals surface area contributed by atoms with E-state index in [1.165, 1.54) is 24.4 Å². The number of alkyl halides is 3. The Hall–Kier alpha value is -3.30. The van der Waals surface area contributed by atoms with Crippen LogP contribution in [0.5, 0.6) is 5.75 Å². The standard InChI is InChI=1S/C24H18ClF4N3O2/c25-19-11-18(32-6-4-14-9-17(26)1-2-20(14)32)10-16-13-31(7-8-34-22(16)19)12-15-3-5-30-23(33)21(15)24(27,28)29/h1-6,9-11H,7-8,12-13H2,(H,30,33). The van der Waals surface area contributed by atoms with E-state index >= 15 is 0 Å². The van der Waals surface area contributed by atoms with Crippen LogP contribution in [-0.4, -0.2) is 27.6 Å². The van der Waals surface area contributed by atoms with E-state index in [1.807, 2.05) is 10.6 Å². The van der Waals surface area contributed by atoms with E-state index in [9.17, 15) is 22.4 Å². The quantitative estimate of drug-likeness (QED) is 0.384. The van der Waals surface area contributed by atoms with Crippen molar-refractivity contribution in [3.05, 3.63) is 92.7 Å². The average molecular weight is 492 g/mol. The van der Waals surface area contributed by atoms with Crippen LogP contribution in [-0.2, 0) is 19.3 Å². The maximum atomic E-state index is 13.6. The zero-order valence-corrected chi connectivity index (χ0v) is 18.4. The lowest BCUT2D eigenvalue weighted by Gasteiger charge is -2.21. The van der Waals surface area contributed by atoms with E-state index in [-0.39, 0.29) is 31.1 Å². The molecule has 34 heavy (non-hydrogen) atoms. The van der Waals surface area contributed by atoms with Gasteiger partial charge in [0.1, 0.15) is 23.7 Å². The van der Waals surface area contributed by atoms with Crippen LogP contribution in [0.4, 0.5) is 17.6 Å². The lowest BCUT2D eigenvalue weighted by atomic mass is 10.1. The van der Waals surface area contributed by atoms with E-state index in [0.29, 0.717) is 28.6 Å². The summed E-state index contributed by atoms with van der Waals surface area (Å²) < 4.78 is 61.7. The molecular formula is C24H18ClF4N3O2. The second-order valence-corrected chi connectivity index (χ2v) is 8.48. The molecule has 0 fully saturated rings. The van der Waals surface area contributed by atoms with Crippen molar-refractivity contribution < 1.29 is 22.3 Å². The first-order valence-electron chi connectivity index (χ1n) is 10.4. The summed E-state index contributed by atoms with van der Waals surface area (Å²) in [5.41, 5.74) is -0.288. The van der Waals surface area contributed by atoms with Crippen LogP contribution in [0.3, 0.4) is 0 Å². The summed E-state index contributed by atoms with van der Waals surface area (Å²) in [7, 11) is 0. The van der Waals surface area contributed by atoms with Crippen molar-refractivity contribution in [1.82, 2.24) is 14.5 Å². The predicted octanol–water partition coefficient (Wildman–Crippen LogP) is 5.52. The predicted molar refractivity (Wildman–Crippen MR) is 120 cm³/mol. The molecule has 0 saturated heterocycles. The largest absolute Gasteiger partial charge is 0.490 e. The third-order valence-electron chi connectivity index (χ3n) is 5.81. The molecule has 2 aromatic carbocycles. The van der Waals surface area contributed by atoms with Crippen LogP contribution in [0, 0.1) is 5.82 Å². The van der Waals surface area contributed by atoms with E-state index in [1.54, 1.807) is 29.3 Å². The zero-order valence-electron chi connectivity index (χ0n) is 17.6. The lowest BCUT2D eigenvalue weighted by Crippen LogP contribution is -2.30. The Balaban J connectivity index is 1.51. The first-order valence-corrected chi connectivity index (χ1v) is 10.8. The minimum absolute atomic E-state index is 0.0882. The molecule has 0 spiro atoms. The molecule has 0 saturated carbocycles.